The molecular weight excluding hydrogens is 388 g/mol. The number of ether oxygens (including phenoxy) is 4. The van der Waals surface area contributed by atoms with Gasteiger partial charge in [0.1, 0.15) is 5.75 Å². The van der Waals surface area contributed by atoms with E-state index in [1.807, 2.05) is 24.3 Å². The third kappa shape index (κ3) is 5.56. The zero-order chi connectivity index (χ0) is 21.3. The first-order valence-corrected chi connectivity index (χ1v) is 9.69. The number of hydrogen-bond acceptors (Lipinski definition) is 7. The van der Waals surface area contributed by atoms with Crippen LogP contribution in [0.25, 0.3) is 0 Å². The minimum atomic E-state index is -0.605. The number of nitrogens with zero attached hydrogens (tertiary/aromatic N) is 2. The van der Waals surface area contributed by atoms with Gasteiger partial charge in [-0.1, -0.05) is 12.1 Å². The Bertz CT molecular complexity index is 847. The molecule has 1 saturated heterocycles. The molecule has 1 heterocycles. The Labute approximate surface area is 175 Å². The summed E-state index contributed by atoms with van der Waals surface area (Å²) in [7, 11) is 3.16. The number of anilines is 1. The molecule has 8 nitrogen and oxygen atoms in total. The summed E-state index contributed by atoms with van der Waals surface area (Å²) in [4.78, 5) is 28.2. The van der Waals surface area contributed by atoms with Gasteiger partial charge in [0.05, 0.1) is 14.2 Å². The highest BCUT2D eigenvalue weighted by atomic mass is 16.6. The van der Waals surface area contributed by atoms with Gasteiger partial charge in [0.2, 0.25) is 0 Å². The normalized spacial score (nSPS) is 13.5. The van der Waals surface area contributed by atoms with Gasteiger partial charge < -0.3 is 28.7 Å². The number of carbonyl (C=O) groups is 2. The molecule has 1 aliphatic heterocycles. The fourth-order valence-electron chi connectivity index (χ4n) is 3.16. The quantitative estimate of drug-likeness (QED) is 0.611. The topological polar surface area (TPSA) is 77.5 Å². The Morgan fingerprint density at radius 3 is 2.13 bits per heavy atom. The van der Waals surface area contributed by atoms with Crippen LogP contribution in [-0.4, -0.2) is 70.4 Å². The van der Waals surface area contributed by atoms with E-state index in [0.717, 1.165) is 11.4 Å². The van der Waals surface area contributed by atoms with Gasteiger partial charge in [0, 0.05) is 31.9 Å². The minimum Gasteiger partial charge on any atom is -0.497 e. The highest BCUT2D eigenvalue weighted by Crippen LogP contribution is 2.25. The summed E-state index contributed by atoms with van der Waals surface area (Å²) < 4.78 is 20.8. The number of rotatable bonds is 8. The Hall–Kier alpha value is -3.42. The van der Waals surface area contributed by atoms with Gasteiger partial charge in [0.25, 0.3) is 5.91 Å². The van der Waals surface area contributed by atoms with E-state index < -0.39 is 5.97 Å². The Balaban J connectivity index is 1.39. The number of benzene rings is 2. The summed E-state index contributed by atoms with van der Waals surface area (Å²) in [6.07, 6.45) is 0. The van der Waals surface area contributed by atoms with Crippen LogP contribution < -0.4 is 19.1 Å². The van der Waals surface area contributed by atoms with Gasteiger partial charge in [-0.3, -0.25) is 4.79 Å². The van der Waals surface area contributed by atoms with Crippen molar-refractivity contribution >= 4 is 17.6 Å². The van der Waals surface area contributed by atoms with Crippen LogP contribution in [0.3, 0.4) is 0 Å². The molecule has 0 bridgehead atoms. The maximum atomic E-state index is 12.4. The van der Waals surface area contributed by atoms with E-state index in [4.69, 9.17) is 18.9 Å². The molecule has 2 aromatic carbocycles. The Kier molecular flexibility index (Phi) is 7.37. The lowest BCUT2D eigenvalue weighted by Gasteiger charge is -2.36. The maximum Gasteiger partial charge on any atom is 0.344 e. The SMILES string of the molecule is COc1ccc(N2CCN(C(=O)COC(=O)COc3ccccc3OC)CC2)cc1. The predicted octanol–water partition coefficient (Wildman–Crippen LogP) is 1.97. The van der Waals surface area contributed by atoms with Crippen LogP contribution >= 0.6 is 0 Å². The zero-order valence-electron chi connectivity index (χ0n) is 17.2. The lowest BCUT2D eigenvalue weighted by atomic mass is 10.2. The van der Waals surface area contributed by atoms with Gasteiger partial charge in [-0.25, -0.2) is 4.79 Å². The fraction of sp³-hybridized carbons (Fsp3) is 0.364. The molecule has 0 unspecified atom stereocenters. The number of carbonyl (C=O) groups excluding carboxylic acids is 2. The lowest BCUT2D eigenvalue weighted by molar-refractivity contribution is -0.153. The zero-order valence-corrected chi connectivity index (χ0v) is 17.2. The number of hydrogen-bond donors (Lipinski definition) is 0. The van der Waals surface area contributed by atoms with Gasteiger partial charge in [0.15, 0.2) is 24.7 Å². The molecule has 3 rings (SSSR count). The summed E-state index contributed by atoms with van der Waals surface area (Å²) in [6.45, 7) is 1.97. The highest BCUT2D eigenvalue weighted by molar-refractivity contribution is 5.81. The third-order valence-electron chi connectivity index (χ3n) is 4.84. The van der Waals surface area contributed by atoms with Crippen LogP contribution in [0.4, 0.5) is 5.69 Å². The molecule has 0 atom stereocenters. The molecule has 0 aliphatic carbocycles. The summed E-state index contributed by atoms with van der Waals surface area (Å²) in [5.74, 6) is 0.958. The predicted molar refractivity (Wildman–Crippen MR) is 111 cm³/mol. The number of methoxy groups -OCH3 is 2. The van der Waals surface area contributed by atoms with E-state index in [-0.39, 0.29) is 19.1 Å². The van der Waals surface area contributed by atoms with Crippen LogP contribution in [0.5, 0.6) is 17.2 Å². The van der Waals surface area contributed by atoms with Gasteiger partial charge in [-0.05, 0) is 36.4 Å². The van der Waals surface area contributed by atoms with E-state index in [1.54, 1.807) is 36.3 Å². The van der Waals surface area contributed by atoms with E-state index in [2.05, 4.69) is 4.90 Å². The molecule has 1 aliphatic rings. The first-order chi connectivity index (χ1) is 14.6. The van der Waals surface area contributed by atoms with Gasteiger partial charge in [-0.15, -0.1) is 0 Å². The van der Waals surface area contributed by atoms with Gasteiger partial charge >= 0.3 is 5.97 Å². The minimum absolute atomic E-state index is 0.213. The smallest absolute Gasteiger partial charge is 0.344 e. The van der Waals surface area contributed by atoms with Crippen molar-refractivity contribution in [2.24, 2.45) is 0 Å². The van der Waals surface area contributed by atoms with E-state index in [0.29, 0.717) is 37.7 Å². The Morgan fingerprint density at radius 1 is 0.833 bits per heavy atom. The van der Waals surface area contributed by atoms with Crippen LogP contribution in [0.1, 0.15) is 0 Å². The fourth-order valence-corrected chi connectivity index (χ4v) is 3.16. The second kappa shape index (κ2) is 10.4. The molecular formula is C22H26N2O6. The largest absolute Gasteiger partial charge is 0.497 e. The lowest BCUT2D eigenvalue weighted by Crippen LogP contribution is -2.50. The van der Waals surface area contributed by atoms with Crippen molar-refractivity contribution in [3.8, 4) is 17.2 Å². The van der Waals surface area contributed by atoms with Crippen molar-refractivity contribution in [3.05, 3.63) is 48.5 Å². The van der Waals surface area contributed by atoms with E-state index in [1.165, 1.54) is 7.11 Å². The Morgan fingerprint density at radius 2 is 1.50 bits per heavy atom. The van der Waals surface area contributed by atoms with Crippen molar-refractivity contribution in [1.82, 2.24) is 4.90 Å². The first kappa shape index (κ1) is 21.3. The molecule has 160 valence electrons. The average molecular weight is 414 g/mol. The molecule has 0 radical (unpaired) electrons. The van der Waals surface area contributed by atoms with Crippen molar-refractivity contribution in [2.45, 2.75) is 0 Å². The number of piperazine rings is 1. The van der Waals surface area contributed by atoms with Crippen molar-refractivity contribution in [1.29, 1.82) is 0 Å². The van der Waals surface area contributed by atoms with Gasteiger partial charge in [-0.2, -0.15) is 0 Å². The second-order valence-electron chi connectivity index (χ2n) is 6.67. The maximum absolute atomic E-state index is 12.4. The van der Waals surface area contributed by atoms with Crippen molar-refractivity contribution < 1.29 is 28.5 Å². The van der Waals surface area contributed by atoms with Crippen LogP contribution in [0.15, 0.2) is 48.5 Å². The molecule has 30 heavy (non-hydrogen) atoms. The van der Waals surface area contributed by atoms with Crippen LogP contribution in [-0.2, 0) is 14.3 Å². The molecule has 1 fully saturated rings. The highest BCUT2D eigenvalue weighted by Gasteiger charge is 2.22. The molecule has 1 amide bonds. The third-order valence-corrected chi connectivity index (χ3v) is 4.84. The molecule has 8 heteroatoms. The summed E-state index contributed by atoms with van der Waals surface area (Å²) >= 11 is 0. The standard InChI is InChI=1S/C22H26N2O6/c1-27-18-9-7-17(8-10-18)23-11-13-24(14-12-23)21(25)15-30-22(26)16-29-20-6-4-3-5-19(20)28-2/h3-10H,11-16H2,1-2H3. The average Bonchev–Trinajstić information content (AvgIpc) is 2.81. The molecule has 0 saturated carbocycles. The monoisotopic (exact) mass is 414 g/mol. The van der Waals surface area contributed by atoms with E-state index >= 15 is 0 Å². The summed E-state index contributed by atoms with van der Waals surface area (Å²) in [5, 5.41) is 0. The van der Waals surface area contributed by atoms with E-state index in [9.17, 15) is 9.59 Å². The number of para-hydroxylation sites is 2. The summed E-state index contributed by atoms with van der Waals surface area (Å²) in [6, 6.07) is 14.8. The van der Waals surface area contributed by atoms with Crippen LogP contribution in [0.2, 0.25) is 0 Å². The van der Waals surface area contributed by atoms with Crippen molar-refractivity contribution in [3.63, 3.8) is 0 Å². The number of amides is 1. The molecule has 0 aromatic heterocycles. The van der Waals surface area contributed by atoms with Crippen molar-refractivity contribution in [2.75, 3.05) is 58.5 Å². The van der Waals surface area contributed by atoms with Crippen LogP contribution in [0, 0.1) is 0 Å². The molecule has 0 N–H and O–H groups in total. The molecule has 0 spiro atoms. The second-order valence-corrected chi connectivity index (χ2v) is 6.67. The number of esters is 1. The summed E-state index contributed by atoms with van der Waals surface area (Å²) in [5.41, 5.74) is 1.09. The molecule has 2 aromatic rings. The first-order valence-electron chi connectivity index (χ1n) is 9.69.